The highest BCUT2D eigenvalue weighted by atomic mass is 16.6. The van der Waals surface area contributed by atoms with E-state index in [1.54, 1.807) is 20.8 Å². The monoisotopic (exact) mass is 330 g/mol. The quantitative estimate of drug-likeness (QED) is 0.704. The number of carbonyl (C=O) groups is 3. The smallest absolute Gasteiger partial charge is 0.408 e. The van der Waals surface area contributed by atoms with Gasteiger partial charge in [0.1, 0.15) is 12.2 Å². The Morgan fingerprint density at radius 2 is 1.96 bits per heavy atom. The summed E-state index contributed by atoms with van der Waals surface area (Å²) < 4.78 is 10.3. The molecule has 0 aromatic heterocycles. The molecular formula is C15H26N2O6. The molecule has 0 saturated carbocycles. The van der Waals surface area contributed by atoms with E-state index in [0.717, 1.165) is 6.42 Å². The first-order valence-electron chi connectivity index (χ1n) is 7.70. The van der Waals surface area contributed by atoms with Gasteiger partial charge in [0.05, 0.1) is 6.54 Å². The summed E-state index contributed by atoms with van der Waals surface area (Å²) in [6.45, 7) is 7.53. The summed E-state index contributed by atoms with van der Waals surface area (Å²) in [5.41, 5.74) is -2.26. The van der Waals surface area contributed by atoms with Crippen molar-refractivity contribution >= 4 is 18.0 Å². The van der Waals surface area contributed by atoms with Gasteiger partial charge in [0.25, 0.3) is 0 Å². The highest BCUT2D eigenvalue weighted by Crippen LogP contribution is 2.23. The predicted molar refractivity (Wildman–Crippen MR) is 82.0 cm³/mol. The van der Waals surface area contributed by atoms with Gasteiger partial charge in [-0.3, -0.25) is 4.79 Å². The van der Waals surface area contributed by atoms with Crippen LogP contribution in [0.15, 0.2) is 0 Å². The first kappa shape index (κ1) is 19.2. The second-order valence-electron chi connectivity index (χ2n) is 6.63. The lowest BCUT2D eigenvalue weighted by atomic mass is 9.99. The Morgan fingerprint density at radius 1 is 1.30 bits per heavy atom. The van der Waals surface area contributed by atoms with Gasteiger partial charge in [-0.25, -0.2) is 9.59 Å². The highest BCUT2D eigenvalue weighted by molar-refractivity contribution is 5.87. The zero-order valence-electron chi connectivity index (χ0n) is 14.2. The Hall–Kier alpha value is -1.83. The fourth-order valence-electron chi connectivity index (χ4n) is 2.25. The van der Waals surface area contributed by atoms with Crippen LogP contribution < -0.4 is 5.32 Å². The lowest BCUT2D eigenvalue weighted by Crippen LogP contribution is -2.57. The number of ether oxygens (including phenoxy) is 2. The number of nitrogens with zero attached hydrogens (tertiary/aromatic N) is 1. The molecule has 2 N–H and O–H groups in total. The van der Waals surface area contributed by atoms with Crippen molar-refractivity contribution in [1.82, 2.24) is 10.2 Å². The Morgan fingerprint density at radius 3 is 2.48 bits per heavy atom. The van der Waals surface area contributed by atoms with E-state index < -0.39 is 23.2 Å². The molecule has 1 saturated heterocycles. The summed E-state index contributed by atoms with van der Waals surface area (Å²) in [6, 6.07) is 0. The Balaban J connectivity index is 2.68. The molecule has 0 radical (unpaired) electrons. The summed E-state index contributed by atoms with van der Waals surface area (Å²) in [5, 5.41) is 11.9. The SMILES string of the molecule is CCCOCC(=O)N1CCC(NC(=O)OC(C)(C)C)(C(=O)O)C1. The Labute approximate surface area is 136 Å². The Kier molecular flexibility index (Phi) is 6.37. The van der Waals surface area contributed by atoms with Crippen molar-refractivity contribution in [2.45, 2.75) is 51.7 Å². The van der Waals surface area contributed by atoms with Gasteiger partial charge in [-0.2, -0.15) is 0 Å². The second kappa shape index (κ2) is 7.63. The summed E-state index contributed by atoms with van der Waals surface area (Å²) in [7, 11) is 0. The maximum Gasteiger partial charge on any atom is 0.408 e. The van der Waals surface area contributed by atoms with Gasteiger partial charge in [0.15, 0.2) is 5.54 Å². The molecule has 8 nitrogen and oxygen atoms in total. The molecule has 1 heterocycles. The van der Waals surface area contributed by atoms with Crippen molar-refractivity contribution in [1.29, 1.82) is 0 Å². The topological polar surface area (TPSA) is 105 Å². The van der Waals surface area contributed by atoms with Gasteiger partial charge in [-0.05, 0) is 27.2 Å². The fraction of sp³-hybridized carbons (Fsp3) is 0.800. The molecule has 2 amide bonds. The first-order valence-corrected chi connectivity index (χ1v) is 7.70. The van der Waals surface area contributed by atoms with Crippen LogP contribution >= 0.6 is 0 Å². The van der Waals surface area contributed by atoms with Crippen LogP contribution in [-0.4, -0.2) is 65.4 Å². The van der Waals surface area contributed by atoms with Gasteiger partial charge >= 0.3 is 12.1 Å². The van der Waals surface area contributed by atoms with Crippen LogP contribution in [-0.2, 0) is 19.1 Å². The standard InChI is InChI=1S/C15H26N2O6/c1-5-8-22-9-11(18)17-7-6-15(10-17,12(19)20)16-13(21)23-14(2,3)4/h5-10H2,1-4H3,(H,16,21)(H,19,20). The summed E-state index contributed by atoms with van der Waals surface area (Å²) >= 11 is 0. The van der Waals surface area contributed by atoms with Crippen LogP contribution in [0.4, 0.5) is 4.79 Å². The molecule has 1 fully saturated rings. The number of likely N-dealkylation sites (tertiary alicyclic amines) is 1. The number of rotatable bonds is 6. The zero-order chi connectivity index (χ0) is 17.7. The zero-order valence-corrected chi connectivity index (χ0v) is 14.2. The van der Waals surface area contributed by atoms with Crippen molar-refractivity contribution < 1.29 is 29.0 Å². The third-order valence-corrected chi connectivity index (χ3v) is 3.35. The largest absolute Gasteiger partial charge is 0.479 e. The normalized spacial score (nSPS) is 21.1. The number of hydrogen-bond acceptors (Lipinski definition) is 5. The third kappa shape index (κ3) is 5.70. The number of aliphatic carboxylic acids is 1. The fourth-order valence-corrected chi connectivity index (χ4v) is 2.25. The van der Waals surface area contributed by atoms with E-state index in [0.29, 0.717) is 6.61 Å². The van der Waals surface area contributed by atoms with Gasteiger partial charge in [0.2, 0.25) is 5.91 Å². The summed E-state index contributed by atoms with van der Waals surface area (Å²) in [5.74, 6) is -1.47. The van der Waals surface area contributed by atoms with Crippen LogP contribution in [0.3, 0.4) is 0 Å². The number of amides is 2. The van der Waals surface area contributed by atoms with Gasteiger partial charge in [-0.15, -0.1) is 0 Å². The number of alkyl carbamates (subject to hydrolysis) is 1. The van der Waals surface area contributed by atoms with E-state index >= 15 is 0 Å². The third-order valence-electron chi connectivity index (χ3n) is 3.35. The first-order chi connectivity index (χ1) is 10.6. The average Bonchev–Trinajstić information content (AvgIpc) is 2.82. The maximum absolute atomic E-state index is 12.0. The molecule has 1 rings (SSSR count). The molecule has 0 aromatic carbocycles. The lowest BCUT2D eigenvalue weighted by Gasteiger charge is -2.28. The van der Waals surface area contributed by atoms with Crippen molar-refractivity contribution in [2.75, 3.05) is 26.3 Å². The van der Waals surface area contributed by atoms with Crippen LogP contribution in [0.2, 0.25) is 0 Å². The molecule has 23 heavy (non-hydrogen) atoms. The number of hydrogen-bond donors (Lipinski definition) is 2. The molecule has 0 bridgehead atoms. The molecule has 0 aliphatic carbocycles. The molecule has 0 spiro atoms. The van der Waals surface area contributed by atoms with Crippen molar-refractivity contribution in [3.63, 3.8) is 0 Å². The molecule has 0 aromatic rings. The van der Waals surface area contributed by atoms with Crippen LogP contribution in [0, 0.1) is 0 Å². The lowest BCUT2D eigenvalue weighted by molar-refractivity contribution is -0.145. The van der Waals surface area contributed by atoms with E-state index in [9.17, 15) is 19.5 Å². The number of nitrogens with one attached hydrogen (secondary N) is 1. The molecule has 1 unspecified atom stereocenters. The average molecular weight is 330 g/mol. The van der Waals surface area contributed by atoms with E-state index in [1.807, 2.05) is 6.92 Å². The molecule has 1 atom stereocenters. The van der Waals surface area contributed by atoms with E-state index in [2.05, 4.69) is 5.32 Å². The summed E-state index contributed by atoms with van der Waals surface area (Å²) in [4.78, 5) is 36.9. The van der Waals surface area contributed by atoms with Crippen molar-refractivity contribution in [3.8, 4) is 0 Å². The van der Waals surface area contributed by atoms with Crippen LogP contribution in [0.1, 0.15) is 40.5 Å². The molecule has 132 valence electrons. The van der Waals surface area contributed by atoms with Crippen molar-refractivity contribution in [3.05, 3.63) is 0 Å². The van der Waals surface area contributed by atoms with Crippen LogP contribution in [0.25, 0.3) is 0 Å². The number of carbonyl (C=O) groups excluding carboxylic acids is 2. The van der Waals surface area contributed by atoms with Gasteiger partial charge in [0, 0.05) is 19.6 Å². The number of carboxylic acid groups (broad SMARTS) is 1. The number of carboxylic acids is 1. The van der Waals surface area contributed by atoms with Crippen LogP contribution in [0.5, 0.6) is 0 Å². The van der Waals surface area contributed by atoms with Crippen molar-refractivity contribution in [2.24, 2.45) is 0 Å². The molecule has 1 aliphatic heterocycles. The van der Waals surface area contributed by atoms with Gasteiger partial charge in [-0.1, -0.05) is 6.92 Å². The molecule has 1 aliphatic rings. The predicted octanol–water partition coefficient (Wildman–Crippen LogP) is 0.993. The highest BCUT2D eigenvalue weighted by Gasteiger charge is 2.48. The summed E-state index contributed by atoms with van der Waals surface area (Å²) in [6.07, 6.45) is 0.115. The minimum absolute atomic E-state index is 0.0873. The second-order valence-corrected chi connectivity index (χ2v) is 6.63. The minimum Gasteiger partial charge on any atom is -0.479 e. The van der Waals surface area contributed by atoms with E-state index in [-0.39, 0.29) is 32.0 Å². The Bertz CT molecular complexity index is 459. The molecular weight excluding hydrogens is 304 g/mol. The molecule has 8 heteroatoms. The minimum atomic E-state index is -1.53. The van der Waals surface area contributed by atoms with Gasteiger partial charge < -0.3 is 24.8 Å². The van der Waals surface area contributed by atoms with E-state index in [4.69, 9.17) is 9.47 Å². The van der Waals surface area contributed by atoms with E-state index in [1.165, 1.54) is 4.90 Å². The maximum atomic E-state index is 12.0.